The first-order valence-electron chi connectivity index (χ1n) is 14.7. The van der Waals surface area contributed by atoms with E-state index < -0.39 is 35.0 Å². The van der Waals surface area contributed by atoms with Crippen LogP contribution in [0.5, 0.6) is 11.5 Å². The zero-order valence-electron chi connectivity index (χ0n) is 25.7. The average Bonchev–Trinajstić information content (AvgIpc) is 3.65. The van der Waals surface area contributed by atoms with Gasteiger partial charge in [-0.2, -0.15) is 0 Å². The van der Waals surface area contributed by atoms with Crippen molar-refractivity contribution in [1.82, 2.24) is 9.47 Å². The third kappa shape index (κ3) is 7.51. The van der Waals surface area contributed by atoms with Crippen LogP contribution in [0.2, 0.25) is 0 Å². The number of rotatable bonds is 9. The topological polar surface area (TPSA) is 79.2 Å². The summed E-state index contributed by atoms with van der Waals surface area (Å²) < 4.78 is 52.7. The molecule has 8 nitrogen and oxygen atoms in total. The maximum Gasteiger partial charge on any atom is 0.410 e. The minimum atomic E-state index is -0.818. The monoisotopic (exact) mass is 618 g/mol. The van der Waals surface area contributed by atoms with Crippen LogP contribution in [0, 0.1) is 11.6 Å². The molecular weight excluding hydrogens is 582 g/mol. The maximum absolute atomic E-state index is 14.2. The van der Waals surface area contributed by atoms with E-state index >= 15 is 0 Å². The molecule has 1 amide bonds. The van der Waals surface area contributed by atoms with Crippen molar-refractivity contribution in [1.29, 1.82) is 0 Å². The van der Waals surface area contributed by atoms with E-state index in [9.17, 15) is 18.4 Å². The highest BCUT2D eigenvalue weighted by Crippen LogP contribution is 2.36. The number of ether oxygens (including phenoxy) is 4. The van der Waals surface area contributed by atoms with E-state index in [1.54, 1.807) is 29.2 Å². The molecule has 2 heterocycles. The van der Waals surface area contributed by atoms with E-state index in [0.717, 1.165) is 17.7 Å². The number of methoxy groups -OCH3 is 1. The number of benzene rings is 3. The molecule has 0 unspecified atom stereocenters. The Kier molecular flexibility index (Phi) is 9.53. The second-order valence-corrected chi connectivity index (χ2v) is 11.8. The number of likely N-dealkylation sites (tertiary alicyclic amines) is 1. The highest BCUT2D eigenvalue weighted by molar-refractivity contribution is 5.99. The third-order valence-corrected chi connectivity index (χ3v) is 7.39. The number of amides is 1. The fourth-order valence-electron chi connectivity index (χ4n) is 5.29. The van der Waals surface area contributed by atoms with Gasteiger partial charge in [-0.3, -0.25) is 0 Å². The number of para-hydroxylation sites is 1. The Morgan fingerprint density at radius 2 is 1.60 bits per heavy atom. The molecule has 0 saturated carbocycles. The lowest BCUT2D eigenvalue weighted by Crippen LogP contribution is -2.35. The van der Waals surface area contributed by atoms with Crippen LogP contribution in [-0.2, 0) is 27.4 Å². The Hall–Kier alpha value is -4.70. The number of carbonyl (C=O) groups excluding carboxylic acids is 2. The van der Waals surface area contributed by atoms with Crippen LogP contribution in [-0.4, -0.2) is 47.3 Å². The summed E-state index contributed by atoms with van der Waals surface area (Å²) in [5.74, 6) is -2.46. The molecule has 1 fully saturated rings. The van der Waals surface area contributed by atoms with Gasteiger partial charge >= 0.3 is 12.1 Å². The van der Waals surface area contributed by atoms with Crippen LogP contribution < -0.4 is 4.74 Å². The lowest BCUT2D eigenvalue weighted by molar-refractivity contribution is 0.0287. The number of hydrogen-bond donors (Lipinski definition) is 0. The number of nitrogens with zero attached hydrogens (tertiary/aromatic N) is 2. The molecule has 1 saturated heterocycles. The lowest BCUT2D eigenvalue weighted by Gasteiger charge is -2.24. The Labute approximate surface area is 261 Å². The van der Waals surface area contributed by atoms with Crippen LogP contribution in [0.15, 0.2) is 79.0 Å². The Morgan fingerprint density at radius 3 is 2.24 bits per heavy atom. The standard InChI is InChI=1S/C35H36F2N2O6/c1-35(2,3)45-34(41)38-18-17-25(19-38)39-20-27(24-13-15-26(16-14-24)44-32-28(36)11-8-12-29(32)37)31(33(40)42-4)30(39)22-43-21-23-9-6-5-7-10-23/h5-16,20,25H,17-19,21-22H2,1-4H3/t25-/m1/s1. The van der Waals surface area contributed by atoms with Crippen LogP contribution in [0.3, 0.4) is 0 Å². The second-order valence-electron chi connectivity index (χ2n) is 11.8. The van der Waals surface area contributed by atoms with Gasteiger partial charge in [-0.15, -0.1) is 0 Å². The van der Waals surface area contributed by atoms with Gasteiger partial charge in [-0.1, -0.05) is 48.5 Å². The van der Waals surface area contributed by atoms with Gasteiger partial charge in [0.25, 0.3) is 0 Å². The van der Waals surface area contributed by atoms with Crippen molar-refractivity contribution in [3.05, 3.63) is 107 Å². The Bertz CT molecular complexity index is 1630. The molecule has 45 heavy (non-hydrogen) atoms. The largest absolute Gasteiger partial charge is 0.465 e. The Morgan fingerprint density at radius 1 is 0.911 bits per heavy atom. The van der Waals surface area contributed by atoms with Crippen molar-refractivity contribution in [2.75, 3.05) is 20.2 Å². The summed E-state index contributed by atoms with van der Waals surface area (Å²) in [6.07, 6.45) is 2.11. The van der Waals surface area contributed by atoms with Crippen molar-refractivity contribution in [2.24, 2.45) is 0 Å². The number of carbonyl (C=O) groups is 2. The SMILES string of the molecule is COC(=O)c1c(-c2ccc(Oc3c(F)cccc3F)cc2)cn([C@@H]2CCN(C(=O)OC(C)(C)C)C2)c1COCc1ccccc1. The van der Waals surface area contributed by atoms with E-state index in [0.29, 0.717) is 48.5 Å². The smallest absolute Gasteiger partial charge is 0.410 e. The molecule has 4 aromatic rings. The highest BCUT2D eigenvalue weighted by Gasteiger charge is 2.34. The summed E-state index contributed by atoms with van der Waals surface area (Å²) >= 11 is 0. The number of esters is 1. The van der Waals surface area contributed by atoms with Gasteiger partial charge in [0.05, 0.1) is 37.6 Å². The molecule has 1 atom stereocenters. The molecule has 5 rings (SSSR count). The quantitative estimate of drug-likeness (QED) is 0.177. The van der Waals surface area contributed by atoms with Gasteiger partial charge < -0.3 is 28.4 Å². The van der Waals surface area contributed by atoms with E-state index in [4.69, 9.17) is 18.9 Å². The van der Waals surface area contributed by atoms with Crippen LogP contribution in [0.25, 0.3) is 11.1 Å². The van der Waals surface area contributed by atoms with Crippen LogP contribution in [0.4, 0.5) is 13.6 Å². The summed E-state index contributed by atoms with van der Waals surface area (Å²) in [5, 5.41) is 0. The van der Waals surface area contributed by atoms with Crippen molar-refractivity contribution in [3.8, 4) is 22.6 Å². The minimum Gasteiger partial charge on any atom is -0.465 e. The number of aromatic nitrogens is 1. The molecule has 10 heteroatoms. The molecule has 236 valence electrons. The van der Waals surface area contributed by atoms with Crippen molar-refractivity contribution in [2.45, 2.75) is 52.0 Å². The molecule has 1 aromatic heterocycles. The summed E-state index contributed by atoms with van der Waals surface area (Å²) in [7, 11) is 1.32. The lowest BCUT2D eigenvalue weighted by atomic mass is 10.0. The average molecular weight is 619 g/mol. The third-order valence-electron chi connectivity index (χ3n) is 7.39. The molecule has 1 aliphatic heterocycles. The fraction of sp³-hybridized carbons (Fsp3) is 0.314. The molecule has 0 N–H and O–H groups in total. The molecule has 3 aromatic carbocycles. The van der Waals surface area contributed by atoms with Gasteiger partial charge in [0.2, 0.25) is 0 Å². The van der Waals surface area contributed by atoms with E-state index in [2.05, 4.69) is 0 Å². The molecule has 0 spiro atoms. The van der Waals surface area contributed by atoms with E-state index in [1.807, 2.05) is 61.9 Å². The van der Waals surface area contributed by atoms with Gasteiger partial charge in [-0.25, -0.2) is 18.4 Å². The first kappa shape index (κ1) is 31.7. The predicted molar refractivity (Wildman–Crippen MR) is 164 cm³/mol. The Balaban J connectivity index is 1.48. The van der Waals surface area contributed by atoms with Gasteiger partial charge in [0, 0.05) is 24.8 Å². The number of hydrogen-bond acceptors (Lipinski definition) is 6. The van der Waals surface area contributed by atoms with Gasteiger partial charge in [-0.05, 0) is 62.6 Å². The zero-order chi connectivity index (χ0) is 32.1. The second kappa shape index (κ2) is 13.5. The van der Waals surface area contributed by atoms with E-state index in [1.165, 1.54) is 13.2 Å². The molecule has 0 aliphatic carbocycles. The maximum atomic E-state index is 14.2. The minimum absolute atomic E-state index is 0.107. The van der Waals surface area contributed by atoms with E-state index in [-0.39, 0.29) is 18.4 Å². The molecule has 0 bridgehead atoms. The highest BCUT2D eigenvalue weighted by atomic mass is 19.1. The molecule has 0 radical (unpaired) electrons. The zero-order valence-corrected chi connectivity index (χ0v) is 25.7. The molecule has 1 aliphatic rings. The summed E-state index contributed by atoms with van der Waals surface area (Å²) in [5.41, 5.74) is 2.53. The first-order chi connectivity index (χ1) is 21.5. The van der Waals surface area contributed by atoms with Crippen LogP contribution >= 0.6 is 0 Å². The normalized spacial score (nSPS) is 14.8. The predicted octanol–water partition coefficient (Wildman–Crippen LogP) is 7.91. The summed E-state index contributed by atoms with van der Waals surface area (Å²) in [6.45, 7) is 6.78. The van der Waals surface area contributed by atoms with Gasteiger partial charge in [0.15, 0.2) is 17.4 Å². The van der Waals surface area contributed by atoms with Crippen LogP contribution in [0.1, 0.15) is 54.8 Å². The number of halogens is 2. The first-order valence-corrected chi connectivity index (χ1v) is 14.7. The summed E-state index contributed by atoms with van der Waals surface area (Å²) in [4.78, 5) is 27.8. The summed E-state index contributed by atoms with van der Waals surface area (Å²) in [6, 6.07) is 19.6. The van der Waals surface area contributed by atoms with Crippen molar-refractivity contribution < 1.29 is 37.3 Å². The fourth-order valence-corrected chi connectivity index (χ4v) is 5.29. The van der Waals surface area contributed by atoms with Gasteiger partial charge in [0.1, 0.15) is 11.4 Å². The van der Waals surface area contributed by atoms with Crippen molar-refractivity contribution in [3.63, 3.8) is 0 Å². The molecular formula is C35H36F2N2O6. The van der Waals surface area contributed by atoms with Crippen molar-refractivity contribution >= 4 is 12.1 Å².